The van der Waals surface area contributed by atoms with Crippen molar-refractivity contribution in [2.45, 2.75) is 32.4 Å². The van der Waals surface area contributed by atoms with Gasteiger partial charge in [-0.15, -0.1) is 0 Å². The van der Waals surface area contributed by atoms with Gasteiger partial charge >= 0.3 is 0 Å². The topological polar surface area (TPSA) is 125 Å². The lowest BCUT2D eigenvalue weighted by molar-refractivity contribution is -0.125. The third kappa shape index (κ3) is 4.75. The first-order valence-electron chi connectivity index (χ1n) is 11.9. The second-order valence-corrected chi connectivity index (χ2v) is 9.03. The quantitative estimate of drug-likeness (QED) is 0.339. The maximum atomic E-state index is 13.0. The monoisotopic (exact) mass is 470 g/mol. The first-order valence-corrected chi connectivity index (χ1v) is 11.9. The zero-order valence-electron chi connectivity index (χ0n) is 20.0. The molecule has 0 spiro atoms. The molecule has 4 aromatic rings. The van der Waals surface area contributed by atoms with E-state index in [1.807, 2.05) is 54.6 Å². The van der Waals surface area contributed by atoms with Crippen molar-refractivity contribution in [3.63, 3.8) is 0 Å². The number of fused-ring (bicyclic) bond motifs is 1. The Morgan fingerprint density at radius 3 is 2.77 bits per heavy atom. The van der Waals surface area contributed by atoms with E-state index in [-0.39, 0.29) is 17.9 Å². The Balaban J connectivity index is 1.38. The van der Waals surface area contributed by atoms with E-state index in [0.29, 0.717) is 24.9 Å². The van der Waals surface area contributed by atoms with E-state index in [1.54, 1.807) is 7.05 Å². The number of nitrogens with zero attached hydrogens (tertiary/aromatic N) is 4. The van der Waals surface area contributed by atoms with Crippen LogP contribution in [0.1, 0.15) is 25.3 Å². The highest BCUT2D eigenvalue weighted by atomic mass is 16.1. The average molecular weight is 471 g/mol. The number of benzene rings is 2. The van der Waals surface area contributed by atoms with Crippen LogP contribution in [-0.4, -0.2) is 45.7 Å². The molecule has 1 fully saturated rings. The van der Waals surface area contributed by atoms with Crippen LogP contribution in [-0.2, 0) is 11.3 Å². The van der Waals surface area contributed by atoms with Gasteiger partial charge in [0.15, 0.2) is 5.82 Å². The van der Waals surface area contributed by atoms with Gasteiger partial charge in [-0.1, -0.05) is 36.4 Å². The van der Waals surface area contributed by atoms with Crippen LogP contribution in [0.4, 0.5) is 17.6 Å². The van der Waals surface area contributed by atoms with Crippen molar-refractivity contribution < 1.29 is 4.79 Å². The zero-order chi connectivity index (χ0) is 24.4. The Morgan fingerprint density at radius 2 is 1.97 bits per heavy atom. The number of hydrogen-bond acceptors (Lipinski definition) is 7. The number of carbonyl (C=O) groups excluding carboxylic acids is 1. The van der Waals surface area contributed by atoms with Gasteiger partial charge in [-0.25, -0.2) is 4.98 Å². The number of aromatic amines is 1. The van der Waals surface area contributed by atoms with Crippen LogP contribution in [0.2, 0.25) is 0 Å². The molecule has 3 heterocycles. The number of nitrogens with one attached hydrogen (secondary N) is 3. The van der Waals surface area contributed by atoms with Crippen molar-refractivity contribution in [2.75, 3.05) is 29.5 Å². The molecular weight excluding hydrogens is 440 g/mol. The van der Waals surface area contributed by atoms with Crippen molar-refractivity contribution in [1.29, 1.82) is 0 Å². The number of aromatic nitrogens is 4. The molecule has 0 radical (unpaired) electrons. The molecule has 0 aliphatic carbocycles. The molecule has 2 unspecified atom stereocenters. The molecular formula is C26H30N8O. The summed E-state index contributed by atoms with van der Waals surface area (Å²) in [6.07, 6.45) is 1.77. The Labute approximate surface area is 204 Å². The first-order chi connectivity index (χ1) is 17.0. The molecule has 1 saturated heterocycles. The van der Waals surface area contributed by atoms with Crippen LogP contribution in [0.3, 0.4) is 0 Å². The van der Waals surface area contributed by atoms with Gasteiger partial charge in [-0.3, -0.25) is 9.89 Å². The van der Waals surface area contributed by atoms with Crippen molar-refractivity contribution >= 4 is 34.4 Å². The van der Waals surface area contributed by atoms with Crippen LogP contribution < -0.4 is 21.3 Å². The highest BCUT2D eigenvalue weighted by Gasteiger charge is 2.31. The number of rotatable bonds is 6. The maximum Gasteiger partial charge on any atom is 0.225 e. The van der Waals surface area contributed by atoms with Crippen LogP contribution in [0.25, 0.3) is 22.2 Å². The Morgan fingerprint density at radius 1 is 1.14 bits per heavy atom. The van der Waals surface area contributed by atoms with Gasteiger partial charge < -0.3 is 21.3 Å². The Hall–Kier alpha value is -4.14. The predicted molar refractivity (Wildman–Crippen MR) is 139 cm³/mol. The highest BCUT2D eigenvalue weighted by molar-refractivity contribution is 5.91. The summed E-state index contributed by atoms with van der Waals surface area (Å²) in [6, 6.07) is 18.2. The number of nitrogen functional groups attached to an aromatic ring is 1. The van der Waals surface area contributed by atoms with E-state index in [2.05, 4.69) is 37.6 Å². The largest absolute Gasteiger partial charge is 0.382 e. The van der Waals surface area contributed by atoms with Crippen LogP contribution in [0, 0.1) is 5.92 Å². The summed E-state index contributed by atoms with van der Waals surface area (Å²) < 4.78 is 0. The minimum Gasteiger partial charge on any atom is -0.382 e. The van der Waals surface area contributed by atoms with E-state index in [0.717, 1.165) is 46.4 Å². The molecule has 0 saturated carbocycles. The maximum absolute atomic E-state index is 13.0. The van der Waals surface area contributed by atoms with Gasteiger partial charge in [-0.2, -0.15) is 10.1 Å². The van der Waals surface area contributed by atoms with Gasteiger partial charge in [0.05, 0.1) is 17.1 Å². The fraction of sp³-hybridized carbons (Fsp3) is 0.308. The van der Waals surface area contributed by atoms with Gasteiger partial charge in [0, 0.05) is 43.2 Å². The summed E-state index contributed by atoms with van der Waals surface area (Å²) in [5.41, 5.74) is 9.59. The van der Waals surface area contributed by atoms with Crippen molar-refractivity contribution in [3.05, 3.63) is 60.2 Å². The molecule has 180 valence electrons. The molecule has 1 aliphatic heterocycles. The van der Waals surface area contributed by atoms with E-state index in [9.17, 15) is 4.79 Å². The molecule has 2 aromatic carbocycles. The highest BCUT2D eigenvalue weighted by Crippen LogP contribution is 2.31. The van der Waals surface area contributed by atoms with Crippen LogP contribution >= 0.6 is 0 Å². The summed E-state index contributed by atoms with van der Waals surface area (Å²) in [4.78, 5) is 24.6. The number of H-pyrrole nitrogens is 1. The fourth-order valence-corrected chi connectivity index (χ4v) is 4.61. The van der Waals surface area contributed by atoms with Crippen LogP contribution in [0.5, 0.6) is 0 Å². The molecule has 1 amide bonds. The normalized spacial score (nSPS) is 17.9. The summed E-state index contributed by atoms with van der Waals surface area (Å²) in [6.45, 7) is 3.32. The van der Waals surface area contributed by atoms with Gasteiger partial charge in [0.1, 0.15) is 5.82 Å². The summed E-state index contributed by atoms with van der Waals surface area (Å²) in [5, 5.41) is 14.1. The second kappa shape index (κ2) is 9.61. The van der Waals surface area contributed by atoms with Crippen molar-refractivity contribution in [1.82, 2.24) is 25.5 Å². The smallest absolute Gasteiger partial charge is 0.225 e. The molecule has 5 N–H and O–H groups in total. The minimum absolute atomic E-state index is 0.0798. The number of hydrogen-bond donors (Lipinski definition) is 4. The second-order valence-electron chi connectivity index (χ2n) is 9.03. The summed E-state index contributed by atoms with van der Waals surface area (Å²) in [5.74, 6) is 1.79. The Kier molecular flexibility index (Phi) is 6.22. The van der Waals surface area contributed by atoms with Crippen molar-refractivity contribution in [3.8, 4) is 11.3 Å². The molecule has 9 heteroatoms. The summed E-state index contributed by atoms with van der Waals surface area (Å²) in [7, 11) is 1.81. The van der Waals surface area contributed by atoms with E-state index < -0.39 is 0 Å². The molecule has 2 atom stereocenters. The van der Waals surface area contributed by atoms with E-state index >= 15 is 0 Å². The van der Waals surface area contributed by atoms with E-state index in [4.69, 9.17) is 10.7 Å². The predicted octanol–water partition coefficient (Wildman–Crippen LogP) is 3.57. The number of carbonyl (C=O) groups is 1. The lowest BCUT2D eigenvalue weighted by Crippen LogP contribution is -2.47. The SMILES string of the molecule is CNc1nc(-c2ccc3c(N)n[nH]c3c2)cc(N2CC(C(=O)NCc3ccccc3)CCC2C)n1. The lowest BCUT2D eigenvalue weighted by Gasteiger charge is -2.38. The molecule has 0 bridgehead atoms. The third-order valence-electron chi connectivity index (χ3n) is 6.68. The summed E-state index contributed by atoms with van der Waals surface area (Å²) >= 11 is 0. The van der Waals surface area contributed by atoms with E-state index in [1.165, 1.54) is 0 Å². The Bertz CT molecular complexity index is 1340. The molecule has 9 nitrogen and oxygen atoms in total. The van der Waals surface area contributed by atoms with Gasteiger partial charge in [0.2, 0.25) is 11.9 Å². The van der Waals surface area contributed by atoms with Gasteiger partial charge in [-0.05, 0) is 37.5 Å². The zero-order valence-corrected chi connectivity index (χ0v) is 20.0. The minimum atomic E-state index is -0.101. The number of piperidine rings is 1. The first kappa shape index (κ1) is 22.6. The molecule has 35 heavy (non-hydrogen) atoms. The van der Waals surface area contributed by atoms with Crippen LogP contribution in [0.15, 0.2) is 54.6 Å². The average Bonchev–Trinajstić information content (AvgIpc) is 3.27. The number of amides is 1. The van der Waals surface area contributed by atoms with Crippen molar-refractivity contribution in [2.24, 2.45) is 5.92 Å². The molecule has 5 rings (SSSR count). The molecule has 2 aromatic heterocycles. The van der Waals surface area contributed by atoms with Gasteiger partial charge in [0.25, 0.3) is 0 Å². The number of nitrogens with two attached hydrogens (primary N) is 1. The molecule has 1 aliphatic rings. The standard InChI is InChI=1S/C26H30N8O/c1-16-8-9-19(25(35)29-14-17-6-4-3-5-7-17)15-34(16)23-13-21(30-26(28-2)31-23)18-10-11-20-22(12-18)32-33-24(20)27/h3-7,10-13,16,19H,8-9,14-15H2,1-2H3,(H,29,35)(H3,27,32,33)(H,28,30,31). The third-order valence-corrected chi connectivity index (χ3v) is 6.68. The number of anilines is 3. The fourth-order valence-electron chi connectivity index (χ4n) is 4.61. The lowest BCUT2D eigenvalue weighted by atomic mass is 9.92.